The van der Waals surface area contributed by atoms with E-state index in [1.807, 2.05) is 0 Å². The molecule has 0 aromatic carbocycles. The molecule has 20 heavy (non-hydrogen) atoms. The molecule has 0 aliphatic carbocycles. The quantitative estimate of drug-likeness (QED) is 0.779. The van der Waals surface area contributed by atoms with Crippen molar-refractivity contribution in [3.8, 4) is 0 Å². The van der Waals surface area contributed by atoms with Gasteiger partial charge in [0.15, 0.2) is 0 Å². The van der Waals surface area contributed by atoms with Crippen LogP contribution in [0.5, 0.6) is 0 Å². The summed E-state index contributed by atoms with van der Waals surface area (Å²) < 4.78 is 2.08. The number of aromatic nitrogens is 2. The Morgan fingerprint density at radius 2 is 2.40 bits per heavy atom. The van der Waals surface area contributed by atoms with Crippen molar-refractivity contribution in [1.82, 2.24) is 15.1 Å². The molecule has 5 nitrogen and oxygen atoms in total. The highest BCUT2D eigenvalue weighted by Crippen LogP contribution is 2.17. The van der Waals surface area contributed by atoms with Crippen molar-refractivity contribution < 1.29 is 0 Å². The molecule has 0 amide bonds. The molecule has 1 aromatic heterocycles. The minimum absolute atomic E-state index is 0.0669. The molecule has 0 bridgehead atoms. The van der Waals surface area contributed by atoms with Crippen molar-refractivity contribution >= 4 is 21.6 Å². The highest BCUT2D eigenvalue weighted by atomic mass is 79.9. The number of halogens is 1. The lowest BCUT2D eigenvalue weighted by atomic mass is 10.1. The molecule has 1 aliphatic rings. The van der Waals surface area contributed by atoms with Crippen molar-refractivity contribution in [2.45, 2.75) is 32.7 Å². The van der Waals surface area contributed by atoms with E-state index in [2.05, 4.69) is 44.7 Å². The summed E-state index contributed by atoms with van der Waals surface area (Å²) in [7, 11) is 0. The summed E-state index contributed by atoms with van der Waals surface area (Å²) >= 11 is 3.38. The van der Waals surface area contributed by atoms with Gasteiger partial charge < -0.3 is 10.6 Å². The van der Waals surface area contributed by atoms with E-state index in [-0.39, 0.29) is 5.56 Å². The van der Waals surface area contributed by atoms with Crippen molar-refractivity contribution in [1.29, 1.82) is 0 Å². The molecule has 0 spiro atoms. The Bertz CT molecular complexity index is 538. The normalized spacial score (nSPS) is 15.0. The fourth-order valence-electron chi connectivity index (χ4n) is 2.09. The van der Waals surface area contributed by atoms with E-state index in [1.165, 1.54) is 10.3 Å². The Hall–Kier alpha value is -1.14. The molecule has 6 heteroatoms. The van der Waals surface area contributed by atoms with Gasteiger partial charge in [-0.3, -0.25) is 4.79 Å². The van der Waals surface area contributed by atoms with Crippen LogP contribution in [0, 0.1) is 0 Å². The number of nitrogens with zero attached hydrogens (tertiary/aromatic N) is 2. The van der Waals surface area contributed by atoms with E-state index in [0.29, 0.717) is 11.0 Å². The maximum atomic E-state index is 12.1. The van der Waals surface area contributed by atoms with Crippen LogP contribution in [0.4, 0.5) is 5.69 Å². The monoisotopic (exact) mass is 340 g/mol. The third-order valence-corrected chi connectivity index (χ3v) is 4.14. The van der Waals surface area contributed by atoms with Gasteiger partial charge in [-0.2, -0.15) is 5.10 Å². The fraction of sp³-hybridized carbons (Fsp3) is 0.571. The molecule has 0 unspecified atom stereocenters. The van der Waals surface area contributed by atoms with Crippen molar-refractivity contribution in [3.63, 3.8) is 0 Å². The summed E-state index contributed by atoms with van der Waals surface area (Å²) in [5, 5.41) is 10.8. The van der Waals surface area contributed by atoms with E-state index in [0.717, 1.165) is 44.6 Å². The zero-order valence-corrected chi connectivity index (χ0v) is 13.4. The SMILES string of the molecule is CCCCn1ncc(NCC2=CCNCC2)c(Br)c1=O. The van der Waals surface area contributed by atoms with Crippen molar-refractivity contribution in [3.05, 3.63) is 32.7 Å². The second-order valence-corrected chi connectivity index (χ2v) is 5.72. The van der Waals surface area contributed by atoms with Crippen LogP contribution in [0.15, 0.2) is 27.1 Å². The number of aryl methyl sites for hydroxylation is 1. The first-order valence-electron chi connectivity index (χ1n) is 7.10. The Balaban J connectivity index is 2.03. The Morgan fingerprint density at radius 1 is 1.55 bits per heavy atom. The van der Waals surface area contributed by atoms with Crippen LogP contribution < -0.4 is 16.2 Å². The molecule has 0 saturated carbocycles. The lowest BCUT2D eigenvalue weighted by molar-refractivity contribution is 0.541. The summed E-state index contributed by atoms with van der Waals surface area (Å²) in [6.07, 6.45) is 6.98. The van der Waals surface area contributed by atoms with E-state index in [9.17, 15) is 4.79 Å². The summed E-state index contributed by atoms with van der Waals surface area (Å²) in [6.45, 7) is 5.48. The largest absolute Gasteiger partial charge is 0.379 e. The molecule has 0 saturated heterocycles. The zero-order chi connectivity index (χ0) is 14.4. The highest BCUT2D eigenvalue weighted by molar-refractivity contribution is 9.10. The summed E-state index contributed by atoms with van der Waals surface area (Å²) in [5.41, 5.74) is 2.07. The van der Waals surface area contributed by atoms with Gasteiger partial charge in [0.05, 0.1) is 11.9 Å². The lowest BCUT2D eigenvalue weighted by Crippen LogP contribution is -2.26. The molecule has 1 aliphatic heterocycles. The topological polar surface area (TPSA) is 59.0 Å². The minimum Gasteiger partial charge on any atom is -0.379 e. The smallest absolute Gasteiger partial charge is 0.283 e. The van der Waals surface area contributed by atoms with Crippen LogP contribution in [0.2, 0.25) is 0 Å². The fourth-order valence-corrected chi connectivity index (χ4v) is 2.54. The average molecular weight is 341 g/mol. The second kappa shape index (κ2) is 7.59. The summed E-state index contributed by atoms with van der Waals surface area (Å²) in [6, 6.07) is 0. The van der Waals surface area contributed by atoms with Gasteiger partial charge in [-0.1, -0.05) is 25.0 Å². The molecule has 1 aromatic rings. The molecule has 0 radical (unpaired) electrons. The Labute approximate surface area is 127 Å². The first kappa shape index (κ1) is 15.3. The maximum absolute atomic E-state index is 12.1. The number of unbranched alkanes of at least 4 members (excludes halogenated alkanes) is 1. The van der Waals surface area contributed by atoms with E-state index >= 15 is 0 Å². The van der Waals surface area contributed by atoms with Gasteiger partial charge in [0.25, 0.3) is 5.56 Å². The minimum atomic E-state index is -0.0669. The number of rotatable bonds is 6. The first-order chi connectivity index (χ1) is 9.72. The van der Waals surface area contributed by atoms with E-state index in [4.69, 9.17) is 0 Å². The van der Waals surface area contributed by atoms with Crippen LogP contribution in [0.1, 0.15) is 26.2 Å². The standard InChI is InChI=1S/C14H21BrN4O/c1-2-3-8-19-14(20)13(15)12(10-18-19)17-9-11-4-6-16-7-5-11/h4,10,16-17H,2-3,5-9H2,1H3. The number of nitrogens with one attached hydrogen (secondary N) is 2. The van der Waals surface area contributed by atoms with Crippen molar-refractivity contribution in [2.75, 3.05) is 25.0 Å². The number of anilines is 1. The molecular formula is C14H21BrN4O. The van der Waals surface area contributed by atoms with Gasteiger partial charge >= 0.3 is 0 Å². The van der Waals surface area contributed by atoms with Crippen LogP contribution in [-0.2, 0) is 6.54 Å². The van der Waals surface area contributed by atoms with Crippen LogP contribution in [0.3, 0.4) is 0 Å². The maximum Gasteiger partial charge on any atom is 0.283 e. The van der Waals surface area contributed by atoms with Crippen LogP contribution in [-0.4, -0.2) is 29.4 Å². The van der Waals surface area contributed by atoms with Gasteiger partial charge in [-0.05, 0) is 35.3 Å². The molecular weight excluding hydrogens is 320 g/mol. The third kappa shape index (κ3) is 3.93. The Kier molecular flexibility index (Phi) is 5.79. The second-order valence-electron chi connectivity index (χ2n) is 4.92. The van der Waals surface area contributed by atoms with E-state index in [1.54, 1.807) is 6.20 Å². The predicted molar refractivity (Wildman–Crippen MR) is 85.2 cm³/mol. The zero-order valence-electron chi connectivity index (χ0n) is 11.8. The Morgan fingerprint density at radius 3 is 3.10 bits per heavy atom. The van der Waals surface area contributed by atoms with Gasteiger partial charge in [0.1, 0.15) is 4.47 Å². The third-order valence-electron chi connectivity index (χ3n) is 3.37. The van der Waals surface area contributed by atoms with Gasteiger partial charge in [0.2, 0.25) is 0 Å². The van der Waals surface area contributed by atoms with Crippen LogP contribution >= 0.6 is 15.9 Å². The predicted octanol–water partition coefficient (Wildman–Crippen LogP) is 2.14. The van der Waals surface area contributed by atoms with E-state index < -0.39 is 0 Å². The molecule has 2 rings (SSSR count). The number of hydrogen-bond acceptors (Lipinski definition) is 4. The number of hydrogen-bond donors (Lipinski definition) is 2. The van der Waals surface area contributed by atoms with Crippen molar-refractivity contribution in [2.24, 2.45) is 0 Å². The van der Waals surface area contributed by atoms with Crippen LogP contribution in [0.25, 0.3) is 0 Å². The van der Waals surface area contributed by atoms with Gasteiger partial charge in [-0.25, -0.2) is 4.68 Å². The average Bonchev–Trinajstić information content (AvgIpc) is 2.49. The lowest BCUT2D eigenvalue weighted by Gasteiger charge is -2.16. The summed E-state index contributed by atoms with van der Waals surface area (Å²) in [4.78, 5) is 12.1. The van der Waals surface area contributed by atoms with Gasteiger partial charge in [-0.15, -0.1) is 0 Å². The highest BCUT2D eigenvalue weighted by Gasteiger charge is 2.09. The molecule has 2 N–H and O–H groups in total. The van der Waals surface area contributed by atoms with Gasteiger partial charge in [0, 0.05) is 19.6 Å². The summed E-state index contributed by atoms with van der Waals surface area (Å²) in [5.74, 6) is 0. The molecule has 2 heterocycles. The first-order valence-corrected chi connectivity index (χ1v) is 7.89. The molecule has 0 atom stereocenters. The molecule has 0 fully saturated rings. The molecule has 110 valence electrons.